The van der Waals surface area contributed by atoms with Crippen LogP contribution in [-0.4, -0.2) is 13.7 Å². The van der Waals surface area contributed by atoms with E-state index in [-0.39, 0.29) is 11.3 Å². The standard InChI is InChI=1S/C20H17F3O2/c1-3-12-4-6-13(7-5-12)18-17(25-20(22)23)11-14-10-15(24-2)8-9-16(14)19(18)21/h4-11,20H,3H2,1-2H3. The average molecular weight is 346 g/mol. The van der Waals surface area contributed by atoms with Crippen molar-refractivity contribution in [2.75, 3.05) is 7.11 Å². The molecule has 2 nitrogen and oxygen atoms in total. The summed E-state index contributed by atoms with van der Waals surface area (Å²) in [4.78, 5) is 0. The summed E-state index contributed by atoms with van der Waals surface area (Å²) in [5.41, 5.74) is 1.59. The molecule has 0 amide bonds. The first-order valence-electron chi connectivity index (χ1n) is 7.88. The number of methoxy groups -OCH3 is 1. The minimum Gasteiger partial charge on any atom is -0.497 e. The lowest BCUT2D eigenvalue weighted by atomic mass is 9.97. The minimum absolute atomic E-state index is 0.0284. The third-order valence-electron chi connectivity index (χ3n) is 4.11. The first-order chi connectivity index (χ1) is 12.0. The molecule has 0 atom stereocenters. The second kappa shape index (κ2) is 7.05. The first-order valence-corrected chi connectivity index (χ1v) is 7.88. The van der Waals surface area contributed by atoms with Gasteiger partial charge in [-0.15, -0.1) is 0 Å². The predicted molar refractivity (Wildman–Crippen MR) is 91.9 cm³/mol. The second-order valence-corrected chi connectivity index (χ2v) is 5.58. The van der Waals surface area contributed by atoms with Gasteiger partial charge in [-0.2, -0.15) is 8.78 Å². The number of alkyl halides is 2. The van der Waals surface area contributed by atoms with Gasteiger partial charge < -0.3 is 9.47 Å². The molecule has 0 spiro atoms. The Morgan fingerprint density at radius 2 is 1.72 bits per heavy atom. The molecule has 25 heavy (non-hydrogen) atoms. The van der Waals surface area contributed by atoms with E-state index in [4.69, 9.17) is 4.74 Å². The molecule has 3 aromatic carbocycles. The van der Waals surface area contributed by atoms with Crippen LogP contribution in [0.3, 0.4) is 0 Å². The SMILES string of the molecule is CCc1ccc(-c2c(OC(F)F)cc3cc(OC)ccc3c2F)cc1. The predicted octanol–water partition coefficient (Wildman–Crippen LogP) is 5.82. The molecule has 0 aliphatic rings. The summed E-state index contributed by atoms with van der Waals surface area (Å²) < 4.78 is 50.5. The van der Waals surface area contributed by atoms with Gasteiger partial charge in [0, 0.05) is 5.39 Å². The molecule has 0 unspecified atom stereocenters. The Morgan fingerprint density at radius 3 is 2.32 bits per heavy atom. The summed E-state index contributed by atoms with van der Waals surface area (Å²) in [6.07, 6.45) is 0.834. The summed E-state index contributed by atoms with van der Waals surface area (Å²) in [5.74, 6) is -0.285. The maximum atomic E-state index is 15.1. The van der Waals surface area contributed by atoms with Gasteiger partial charge >= 0.3 is 6.61 Å². The van der Waals surface area contributed by atoms with Gasteiger partial charge in [-0.25, -0.2) is 4.39 Å². The van der Waals surface area contributed by atoms with Gasteiger partial charge in [0.1, 0.15) is 17.3 Å². The Hall–Kier alpha value is -2.69. The quantitative estimate of drug-likeness (QED) is 0.580. The zero-order valence-corrected chi connectivity index (χ0v) is 13.9. The molecule has 0 aliphatic heterocycles. The topological polar surface area (TPSA) is 18.5 Å². The van der Waals surface area contributed by atoms with Crippen LogP contribution in [-0.2, 0) is 6.42 Å². The summed E-state index contributed by atoms with van der Waals surface area (Å²) in [7, 11) is 1.48. The molecule has 0 N–H and O–H groups in total. The maximum Gasteiger partial charge on any atom is 0.387 e. The molecule has 5 heteroatoms. The van der Waals surface area contributed by atoms with Gasteiger partial charge in [-0.05, 0) is 47.2 Å². The van der Waals surface area contributed by atoms with E-state index >= 15 is 4.39 Å². The van der Waals surface area contributed by atoms with Crippen molar-refractivity contribution in [3.63, 3.8) is 0 Å². The van der Waals surface area contributed by atoms with E-state index in [2.05, 4.69) is 4.74 Å². The van der Waals surface area contributed by atoms with Crippen molar-refractivity contribution in [3.05, 3.63) is 59.9 Å². The zero-order valence-electron chi connectivity index (χ0n) is 13.9. The Labute approximate surface area is 143 Å². The minimum atomic E-state index is -3.05. The molecule has 0 fully saturated rings. The number of halogens is 3. The van der Waals surface area contributed by atoms with Crippen LogP contribution in [0.4, 0.5) is 13.2 Å². The number of fused-ring (bicyclic) bond motifs is 1. The lowest BCUT2D eigenvalue weighted by Crippen LogP contribution is -2.04. The summed E-state index contributed by atoms with van der Waals surface area (Å²) >= 11 is 0. The van der Waals surface area contributed by atoms with Crippen molar-refractivity contribution in [2.24, 2.45) is 0 Å². The molecule has 0 saturated carbocycles. The highest BCUT2D eigenvalue weighted by Gasteiger charge is 2.19. The highest BCUT2D eigenvalue weighted by molar-refractivity contribution is 5.92. The van der Waals surface area contributed by atoms with E-state index in [0.717, 1.165) is 12.0 Å². The molecule has 0 aromatic heterocycles. The fraction of sp³-hybridized carbons (Fsp3) is 0.200. The van der Waals surface area contributed by atoms with Crippen LogP contribution < -0.4 is 9.47 Å². The normalized spacial score (nSPS) is 11.1. The van der Waals surface area contributed by atoms with Crippen molar-refractivity contribution < 1.29 is 22.6 Å². The van der Waals surface area contributed by atoms with Gasteiger partial charge in [-0.3, -0.25) is 0 Å². The fourth-order valence-corrected chi connectivity index (χ4v) is 2.81. The third-order valence-corrected chi connectivity index (χ3v) is 4.11. The molecule has 0 aliphatic carbocycles. The highest BCUT2D eigenvalue weighted by atomic mass is 19.3. The number of aryl methyl sites for hydroxylation is 1. The molecule has 0 radical (unpaired) electrons. The van der Waals surface area contributed by atoms with Gasteiger partial charge in [0.25, 0.3) is 0 Å². The van der Waals surface area contributed by atoms with Gasteiger partial charge in [0.2, 0.25) is 0 Å². The lowest BCUT2D eigenvalue weighted by Gasteiger charge is -2.15. The van der Waals surface area contributed by atoms with Crippen molar-refractivity contribution in [1.29, 1.82) is 0 Å². The fourth-order valence-electron chi connectivity index (χ4n) is 2.81. The first kappa shape index (κ1) is 17.1. The number of hydrogen-bond donors (Lipinski definition) is 0. The van der Waals surface area contributed by atoms with Crippen molar-refractivity contribution >= 4 is 10.8 Å². The van der Waals surface area contributed by atoms with Gasteiger partial charge in [-0.1, -0.05) is 31.2 Å². The Morgan fingerprint density at radius 1 is 1.00 bits per heavy atom. The van der Waals surface area contributed by atoms with E-state index in [0.29, 0.717) is 22.1 Å². The number of benzene rings is 3. The molecular weight excluding hydrogens is 329 g/mol. The van der Waals surface area contributed by atoms with E-state index in [1.165, 1.54) is 13.2 Å². The summed E-state index contributed by atoms with van der Waals surface area (Å²) in [6, 6.07) is 13.3. The molecule has 0 bridgehead atoms. The van der Waals surface area contributed by atoms with Gasteiger partial charge in [0.15, 0.2) is 0 Å². The van der Waals surface area contributed by atoms with E-state index in [9.17, 15) is 8.78 Å². The summed E-state index contributed by atoms with van der Waals surface area (Å²) in [6.45, 7) is -1.04. The Bertz CT molecular complexity index is 890. The van der Waals surface area contributed by atoms with E-state index < -0.39 is 12.4 Å². The third kappa shape index (κ3) is 3.40. The second-order valence-electron chi connectivity index (χ2n) is 5.58. The molecule has 130 valence electrons. The number of ether oxygens (including phenoxy) is 2. The van der Waals surface area contributed by atoms with Crippen LogP contribution >= 0.6 is 0 Å². The van der Waals surface area contributed by atoms with Crippen LogP contribution in [0.5, 0.6) is 11.5 Å². The smallest absolute Gasteiger partial charge is 0.387 e. The Balaban J connectivity index is 2.24. The van der Waals surface area contributed by atoms with E-state index in [1.54, 1.807) is 30.3 Å². The number of hydrogen-bond acceptors (Lipinski definition) is 2. The molecule has 3 rings (SSSR count). The van der Waals surface area contributed by atoms with Crippen molar-refractivity contribution in [1.82, 2.24) is 0 Å². The Kier molecular flexibility index (Phi) is 4.83. The number of rotatable bonds is 5. The maximum absolute atomic E-state index is 15.1. The summed E-state index contributed by atoms with van der Waals surface area (Å²) in [5, 5.41) is 0.749. The zero-order chi connectivity index (χ0) is 18.0. The van der Waals surface area contributed by atoms with Crippen LogP contribution in [0, 0.1) is 5.82 Å². The lowest BCUT2D eigenvalue weighted by molar-refractivity contribution is -0.0494. The highest BCUT2D eigenvalue weighted by Crippen LogP contribution is 2.39. The van der Waals surface area contributed by atoms with Crippen LogP contribution in [0.2, 0.25) is 0 Å². The largest absolute Gasteiger partial charge is 0.497 e. The van der Waals surface area contributed by atoms with Crippen LogP contribution in [0.1, 0.15) is 12.5 Å². The molecule has 0 saturated heterocycles. The van der Waals surface area contributed by atoms with Crippen LogP contribution in [0.25, 0.3) is 21.9 Å². The van der Waals surface area contributed by atoms with Crippen molar-refractivity contribution in [2.45, 2.75) is 20.0 Å². The molecule has 3 aromatic rings. The monoisotopic (exact) mass is 346 g/mol. The van der Waals surface area contributed by atoms with Crippen LogP contribution in [0.15, 0.2) is 48.5 Å². The van der Waals surface area contributed by atoms with Crippen molar-refractivity contribution in [3.8, 4) is 22.6 Å². The van der Waals surface area contributed by atoms with E-state index in [1.807, 2.05) is 19.1 Å². The molecular formula is C20H17F3O2. The van der Waals surface area contributed by atoms with Gasteiger partial charge in [0.05, 0.1) is 12.7 Å². The molecule has 0 heterocycles. The average Bonchev–Trinajstić information content (AvgIpc) is 2.61.